The average molecular weight is 264 g/mol. The van der Waals surface area contributed by atoms with Gasteiger partial charge < -0.3 is 15.1 Å². The van der Waals surface area contributed by atoms with E-state index in [9.17, 15) is 9.59 Å². The van der Waals surface area contributed by atoms with Gasteiger partial charge in [-0.05, 0) is 37.7 Å². The fraction of sp³-hybridized carbons (Fsp3) is 0.571. The van der Waals surface area contributed by atoms with Gasteiger partial charge in [-0.2, -0.15) is 0 Å². The van der Waals surface area contributed by atoms with E-state index in [-0.39, 0.29) is 24.4 Å². The van der Waals surface area contributed by atoms with Crippen molar-refractivity contribution in [1.82, 2.24) is 10.6 Å². The Kier molecular flexibility index (Phi) is 4.60. The molecule has 5 heteroatoms. The molecule has 1 fully saturated rings. The number of rotatable bonds is 4. The topological polar surface area (TPSA) is 71.3 Å². The van der Waals surface area contributed by atoms with Crippen LogP contribution in [-0.4, -0.2) is 24.4 Å². The molecule has 1 aromatic heterocycles. The molecule has 0 radical (unpaired) electrons. The first-order valence-corrected chi connectivity index (χ1v) is 6.75. The second-order valence-corrected chi connectivity index (χ2v) is 5.22. The van der Waals surface area contributed by atoms with Gasteiger partial charge in [0.25, 0.3) is 5.91 Å². The average Bonchev–Trinajstić information content (AvgIpc) is 2.93. The lowest BCUT2D eigenvalue weighted by Gasteiger charge is -2.26. The number of carbonyl (C=O) groups excluding carboxylic acids is 2. The minimum absolute atomic E-state index is 0.00999. The van der Waals surface area contributed by atoms with Crippen molar-refractivity contribution in [2.75, 3.05) is 6.54 Å². The van der Waals surface area contributed by atoms with Crippen molar-refractivity contribution in [3.63, 3.8) is 0 Å². The Balaban J connectivity index is 1.69. The molecule has 0 bridgehead atoms. The normalized spacial score (nSPS) is 22.8. The van der Waals surface area contributed by atoms with E-state index in [0.717, 1.165) is 31.6 Å². The summed E-state index contributed by atoms with van der Waals surface area (Å²) in [6.45, 7) is 2.25. The van der Waals surface area contributed by atoms with Gasteiger partial charge in [-0.15, -0.1) is 0 Å². The quantitative estimate of drug-likeness (QED) is 0.869. The van der Waals surface area contributed by atoms with Gasteiger partial charge in [0.05, 0.1) is 18.4 Å². The van der Waals surface area contributed by atoms with E-state index in [4.69, 9.17) is 4.42 Å². The number of hydrogen-bond acceptors (Lipinski definition) is 3. The Morgan fingerprint density at radius 3 is 2.68 bits per heavy atom. The first-order valence-electron chi connectivity index (χ1n) is 6.75. The van der Waals surface area contributed by atoms with Crippen molar-refractivity contribution in [2.24, 2.45) is 5.92 Å². The maximum atomic E-state index is 11.7. The van der Waals surface area contributed by atoms with Crippen LogP contribution in [0.4, 0.5) is 0 Å². The van der Waals surface area contributed by atoms with Gasteiger partial charge in [0.1, 0.15) is 6.26 Å². The smallest absolute Gasteiger partial charge is 0.254 e. The van der Waals surface area contributed by atoms with Gasteiger partial charge in [0, 0.05) is 6.04 Å². The van der Waals surface area contributed by atoms with E-state index < -0.39 is 0 Å². The van der Waals surface area contributed by atoms with Crippen molar-refractivity contribution in [1.29, 1.82) is 0 Å². The van der Waals surface area contributed by atoms with Crippen molar-refractivity contribution in [2.45, 2.75) is 38.6 Å². The van der Waals surface area contributed by atoms with Crippen LogP contribution in [0.2, 0.25) is 0 Å². The van der Waals surface area contributed by atoms with Crippen LogP contribution in [0.1, 0.15) is 43.0 Å². The maximum Gasteiger partial charge on any atom is 0.254 e. The van der Waals surface area contributed by atoms with E-state index in [1.807, 2.05) is 0 Å². The molecular formula is C14H20N2O3. The minimum atomic E-state index is -0.291. The second-order valence-electron chi connectivity index (χ2n) is 5.22. The lowest BCUT2D eigenvalue weighted by Crippen LogP contribution is -2.43. The number of amides is 2. The summed E-state index contributed by atoms with van der Waals surface area (Å²) >= 11 is 0. The third-order valence-electron chi connectivity index (χ3n) is 3.57. The zero-order valence-electron chi connectivity index (χ0n) is 11.1. The molecule has 5 nitrogen and oxygen atoms in total. The van der Waals surface area contributed by atoms with Crippen molar-refractivity contribution >= 4 is 11.8 Å². The first-order chi connectivity index (χ1) is 9.15. The number of carbonyl (C=O) groups is 2. The Bertz CT molecular complexity index is 420. The lowest BCUT2D eigenvalue weighted by atomic mass is 9.87. The van der Waals surface area contributed by atoms with Gasteiger partial charge in [-0.3, -0.25) is 9.59 Å². The van der Waals surface area contributed by atoms with Crippen molar-refractivity contribution in [3.8, 4) is 0 Å². The van der Waals surface area contributed by atoms with Crippen LogP contribution < -0.4 is 10.6 Å². The predicted octanol–water partition coefficient (Wildman–Crippen LogP) is 1.70. The fourth-order valence-electron chi connectivity index (χ4n) is 2.34. The van der Waals surface area contributed by atoms with Crippen LogP contribution in [0, 0.1) is 5.92 Å². The zero-order chi connectivity index (χ0) is 13.7. The number of furan rings is 1. The molecule has 0 spiro atoms. The van der Waals surface area contributed by atoms with E-state index in [1.54, 1.807) is 6.07 Å². The van der Waals surface area contributed by atoms with E-state index >= 15 is 0 Å². The third-order valence-corrected chi connectivity index (χ3v) is 3.57. The van der Waals surface area contributed by atoms with Crippen LogP contribution in [0.25, 0.3) is 0 Å². The molecule has 104 valence electrons. The SMILES string of the molecule is CC1CCC(NC(=O)CNC(=O)c2ccoc2)CC1. The summed E-state index contributed by atoms with van der Waals surface area (Å²) in [4.78, 5) is 23.3. The lowest BCUT2D eigenvalue weighted by molar-refractivity contribution is -0.121. The molecule has 2 N–H and O–H groups in total. The monoisotopic (exact) mass is 264 g/mol. The summed E-state index contributed by atoms with van der Waals surface area (Å²) in [6, 6.07) is 1.82. The molecule has 1 aliphatic rings. The largest absolute Gasteiger partial charge is 0.472 e. The molecule has 0 aliphatic heterocycles. The van der Waals surface area contributed by atoms with Gasteiger partial charge in [-0.1, -0.05) is 6.92 Å². The molecule has 0 atom stereocenters. The van der Waals surface area contributed by atoms with Crippen molar-refractivity contribution in [3.05, 3.63) is 24.2 Å². The van der Waals surface area contributed by atoms with E-state index in [1.165, 1.54) is 12.5 Å². The number of hydrogen-bond donors (Lipinski definition) is 2. The van der Waals surface area contributed by atoms with E-state index in [2.05, 4.69) is 17.6 Å². The molecule has 2 amide bonds. The van der Waals surface area contributed by atoms with Gasteiger partial charge in [0.15, 0.2) is 0 Å². The summed E-state index contributed by atoms with van der Waals surface area (Å²) in [5.41, 5.74) is 0.430. The van der Waals surface area contributed by atoms with Crippen LogP contribution in [0.5, 0.6) is 0 Å². The number of nitrogens with one attached hydrogen (secondary N) is 2. The van der Waals surface area contributed by atoms with Crippen LogP contribution in [0.3, 0.4) is 0 Å². The molecule has 1 heterocycles. The highest BCUT2D eigenvalue weighted by Crippen LogP contribution is 2.23. The first kappa shape index (κ1) is 13.6. The molecule has 0 saturated heterocycles. The summed E-state index contributed by atoms with van der Waals surface area (Å²) in [6.07, 6.45) is 7.16. The standard InChI is InChI=1S/C14H20N2O3/c1-10-2-4-12(5-3-10)16-13(17)8-15-14(18)11-6-7-19-9-11/h6-7,9-10,12H,2-5,8H2,1H3,(H,15,18)(H,16,17). The Hall–Kier alpha value is -1.78. The Morgan fingerprint density at radius 1 is 1.32 bits per heavy atom. The van der Waals surface area contributed by atoms with E-state index in [0.29, 0.717) is 5.56 Å². The van der Waals surface area contributed by atoms with Gasteiger partial charge in [0.2, 0.25) is 5.91 Å². The summed E-state index contributed by atoms with van der Waals surface area (Å²) < 4.78 is 4.81. The third kappa shape index (κ3) is 4.12. The second kappa shape index (κ2) is 6.41. The Morgan fingerprint density at radius 2 is 2.05 bits per heavy atom. The molecule has 2 rings (SSSR count). The summed E-state index contributed by atoms with van der Waals surface area (Å²) in [5, 5.41) is 5.54. The molecular weight excluding hydrogens is 244 g/mol. The highest BCUT2D eigenvalue weighted by molar-refractivity contribution is 5.96. The molecule has 1 aromatic rings. The molecule has 19 heavy (non-hydrogen) atoms. The maximum absolute atomic E-state index is 11.7. The predicted molar refractivity (Wildman–Crippen MR) is 70.6 cm³/mol. The molecule has 0 unspecified atom stereocenters. The zero-order valence-corrected chi connectivity index (χ0v) is 11.1. The van der Waals surface area contributed by atoms with Crippen molar-refractivity contribution < 1.29 is 14.0 Å². The fourth-order valence-corrected chi connectivity index (χ4v) is 2.34. The Labute approximate surface area is 112 Å². The van der Waals surface area contributed by atoms with Crippen LogP contribution in [0.15, 0.2) is 23.0 Å². The van der Waals surface area contributed by atoms with Crippen LogP contribution in [-0.2, 0) is 4.79 Å². The minimum Gasteiger partial charge on any atom is -0.472 e. The summed E-state index contributed by atoms with van der Waals surface area (Å²) in [5.74, 6) is 0.339. The van der Waals surface area contributed by atoms with Crippen LogP contribution >= 0.6 is 0 Å². The summed E-state index contributed by atoms with van der Waals surface area (Å²) in [7, 11) is 0. The molecule has 1 saturated carbocycles. The van der Waals surface area contributed by atoms with Gasteiger partial charge >= 0.3 is 0 Å². The molecule has 0 aromatic carbocycles. The highest BCUT2D eigenvalue weighted by Gasteiger charge is 2.19. The highest BCUT2D eigenvalue weighted by atomic mass is 16.3. The van der Waals surface area contributed by atoms with Gasteiger partial charge in [-0.25, -0.2) is 0 Å². The molecule has 1 aliphatic carbocycles.